The van der Waals surface area contributed by atoms with Gasteiger partial charge < -0.3 is 10.4 Å². The number of carbonyl (C=O) groups excluding carboxylic acids is 1. The third kappa shape index (κ3) is 4.41. The average molecular weight is 351 g/mol. The number of hydrogen-bond acceptors (Lipinski definition) is 5. The standard InChI is InChI=1S/C13H16F3N3O3S/c1-2-19(5-10(20)21)8-3-7(4-8)17-11(22)9-6-23-12(18-9)13(14,15)16/h6-8H,2-5H2,1H3,(H,17,22)(H,20,21). The number of alkyl halides is 3. The number of thiazole rings is 1. The second kappa shape index (κ2) is 6.83. The van der Waals surface area contributed by atoms with Gasteiger partial charge in [0.2, 0.25) is 0 Å². The molecule has 2 N–H and O–H groups in total. The van der Waals surface area contributed by atoms with Crippen LogP contribution in [-0.4, -0.2) is 52.0 Å². The van der Waals surface area contributed by atoms with Crippen LogP contribution in [0, 0.1) is 0 Å². The summed E-state index contributed by atoms with van der Waals surface area (Å²) in [6.07, 6.45) is -3.41. The maximum atomic E-state index is 12.5. The molecule has 2 rings (SSSR count). The van der Waals surface area contributed by atoms with Crippen LogP contribution in [0.1, 0.15) is 35.3 Å². The van der Waals surface area contributed by atoms with E-state index >= 15 is 0 Å². The van der Waals surface area contributed by atoms with Gasteiger partial charge in [-0.05, 0) is 19.4 Å². The van der Waals surface area contributed by atoms with E-state index in [4.69, 9.17) is 5.11 Å². The molecule has 1 aromatic rings. The van der Waals surface area contributed by atoms with Crippen molar-refractivity contribution >= 4 is 23.2 Å². The van der Waals surface area contributed by atoms with Crippen LogP contribution in [0.5, 0.6) is 0 Å². The number of nitrogens with one attached hydrogen (secondary N) is 1. The van der Waals surface area contributed by atoms with Crippen molar-refractivity contribution in [2.75, 3.05) is 13.1 Å². The van der Waals surface area contributed by atoms with Crippen LogP contribution in [-0.2, 0) is 11.0 Å². The lowest BCUT2D eigenvalue weighted by atomic mass is 9.85. The molecule has 128 valence electrons. The number of likely N-dealkylation sites (N-methyl/N-ethyl adjacent to an activating group) is 1. The molecule has 1 fully saturated rings. The van der Waals surface area contributed by atoms with Crippen molar-refractivity contribution in [3.63, 3.8) is 0 Å². The smallest absolute Gasteiger partial charge is 0.443 e. The van der Waals surface area contributed by atoms with Crippen LogP contribution in [0.2, 0.25) is 0 Å². The van der Waals surface area contributed by atoms with Gasteiger partial charge in [-0.3, -0.25) is 14.5 Å². The molecule has 6 nitrogen and oxygen atoms in total. The number of halogens is 3. The summed E-state index contributed by atoms with van der Waals surface area (Å²) in [5.41, 5.74) is -0.247. The minimum atomic E-state index is -4.55. The Labute approximate surface area is 134 Å². The number of nitrogens with zero attached hydrogens (tertiary/aromatic N) is 2. The fourth-order valence-electron chi connectivity index (χ4n) is 2.44. The van der Waals surface area contributed by atoms with E-state index in [2.05, 4.69) is 10.3 Å². The average Bonchev–Trinajstić information content (AvgIpc) is 2.89. The van der Waals surface area contributed by atoms with Gasteiger partial charge in [-0.15, -0.1) is 11.3 Å². The monoisotopic (exact) mass is 351 g/mol. The Morgan fingerprint density at radius 3 is 2.61 bits per heavy atom. The Morgan fingerprint density at radius 2 is 2.13 bits per heavy atom. The van der Waals surface area contributed by atoms with E-state index in [1.54, 1.807) is 4.90 Å². The number of carboxylic acid groups (broad SMARTS) is 1. The molecular weight excluding hydrogens is 335 g/mol. The van der Waals surface area contributed by atoms with Crippen molar-refractivity contribution in [3.8, 4) is 0 Å². The minimum absolute atomic E-state index is 0.0579. The zero-order valence-corrected chi connectivity index (χ0v) is 13.1. The quantitative estimate of drug-likeness (QED) is 0.817. The van der Waals surface area contributed by atoms with E-state index in [-0.39, 0.29) is 24.3 Å². The van der Waals surface area contributed by atoms with E-state index < -0.39 is 23.1 Å². The molecule has 10 heteroatoms. The minimum Gasteiger partial charge on any atom is -0.480 e. The SMILES string of the molecule is CCN(CC(=O)O)C1CC(NC(=O)c2csc(C(F)(F)F)n2)C1. The number of aliphatic carboxylic acids is 1. The summed E-state index contributed by atoms with van der Waals surface area (Å²) in [7, 11) is 0. The Balaban J connectivity index is 1.84. The lowest BCUT2D eigenvalue weighted by molar-refractivity contribution is -0.139. The number of amides is 1. The van der Waals surface area contributed by atoms with Gasteiger partial charge in [0, 0.05) is 17.5 Å². The molecule has 0 unspecified atom stereocenters. The molecule has 0 saturated heterocycles. The number of carboxylic acids is 1. The fourth-order valence-corrected chi connectivity index (χ4v) is 3.11. The molecule has 1 saturated carbocycles. The summed E-state index contributed by atoms with van der Waals surface area (Å²) >= 11 is 0.383. The first kappa shape index (κ1) is 17.7. The first-order valence-corrected chi connectivity index (χ1v) is 7.88. The molecule has 0 atom stereocenters. The van der Waals surface area contributed by atoms with E-state index in [1.807, 2.05) is 6.92 Å². The predicted molar refractivity (Wildman–Crippen MR) is 76.3 cm³/mol. The highest BCUT2D eigenvalue weighted by molar-refractivity contribution is 7.09. The molecular formula is C13H16F3N3O3S. The Morgan fingerprint density at radius 1 is 1.48 bits per heavy atom. The van der Waals surface area contributed by atoms with E-state index in [0.29, 0.717) is 30.7 Å². The maximum Gasteiger partial charge on any atom is 0.443 e. The van der Waals surface area contributed by atoms with Crippen molar-refractivity contribution in [1.29, 1.82) is 0 Å². The Hall–Kier alpha value is -1.68. The molecule has 0 bridgehead atoms. The third-order valence-electron chi connectivity index (χ3n) is 3.69. The number of aromatic nitrogens is 1. The van der Waals surface area contributed by atoms with Gasteiger partial charge >= 0.3 is 12.1 Å². The van der Waals surface area contributed by atoms with Gasteiger partial charge in [0.15, 0.2) is 5.01 Å². The summed E-state index contributed by atoms with van der Waals surface area (Å²) in [4.78, 5) is 27.7. The molecule has 1 aromatic heterocycles. The lowest BCUT2D eigenvalue weighted by Crippen LogP contribution is -2.54. The van der Waals surface area contributed by atoms with Gasteiger partial charge in [0.05, 0.1) is 6.54 Å². The molecule has 1 heterocycles. The zero-order chi connectivity index (χ0) is 17.2. The van der Waals surface area contributed by atoms with Gasteiger partial charge in [0.1, 0.15) is 5.69 Å². The van der Waals surface area contributed by atoms with Crippen LogP contribution < -0.4 is 5.32 Å². The second-order valence-electron chi connectivity index (χ2n) is 5.29. The van der Waals surface area contributed by atoms with Crippen LogP contribution in [0.15, 0.2) is 5.38 Å². The van der Waals surface area contributed by atoms with Gasteiger partial charge in [-0.2, -0.15) is 13.2 Å². The highest BCUT2D eigenvalue weighted by Crippen LogP contribution is 2.32. The first-order chi connectivity index (χ1) is 10.7. The lowest BCUT2D eigenvalue weighted by Gasteiger charge is -2.42. The number of hydrogen-bond donors (Lipinski definition) is 2. The maximum absolute atomic E-state index is 12.5. The van der Waals surface area contributed by atoms with Gasteiger partial charge in [-0.1, -0.05) is 6.92 Å². The first-order valence-electron chi connectivity index (χ1n) is 7.00. The normalized spacial score (nSPS) is 21.1. The summed E-state index contributed by atoms with van der Waals surface area (Å²) in [5, 5.41) is 11.5. The second-order valence-corrected chi connectivity index (χ2v) is 6.15. The van der Waals surface area contributed by atoms with Crippen LogP contribution in [0.3, 0.4) is 0 Å². The van der Waals surface area contributed by atoms with Crippen molar-refractivity contribution in [1.82, 2.24) is 15.2 Å². The highest BCUT2D eigenvalue weighted by atomic mass is 32.1. The highest BCUT2D eigenvalue weighted by Gasteiger charge is 2.37. The molecule has 1 aliphatic carbocycles. The van der Waals surface area contributed by atoms with E-state index in [0.717, 1.165) is 5.38 Å². The zero-order valence-electron chi connectivity index (χ0n) is 12.3. The summed E-state index contributed by atoms with van der Waals surface area (Å²) < 4.78 is 37.4. The van der Waals surface area contributed by atoms with Crippen LogP contribution >= 0.6 is 11.3 Å². The molecule has 0 spiro atoms. The fraction of sp³-hybridized carbons (Fsp3) is 0.615. The number of carbonyl (C=O) groups is 2. The van der Waals surface area contributed by atoms with E-state index in [9.17, 15) is 22.8 Å². The van der Waals surface area contributed by atoms with E-state index in [1.165, 1.54) is 0 Å². The topological polar surface area (TPSA) is 82.5 Å². The molecule has 0 aromatic carbocycles. The van der Waals surface area contributed by atoms with Gasteiger partial charge in [0.25, 0.3) is 5.91 Å². The van der Waals surface area contributed by atoms with Gasteiger partial charge in [-0.25, -0.2) is 4.98 Å². The number of rotatable bonds is 6. The molecule has 1 amide bonds. The van der Waals surface area contributed by atoms with Crippen molar-refractivity contribution in [2.45, 2.75) is 38.0 Å². The predicted octanol–water partition coefficient (Wildman–Crippen LogP) is 1.83. The Bertz CT molecular complexity index is 585. The largest absolute Gasteiger partial charge is 0.480 e. The Kier molecular flexibility index (Phi) is 5.25. The summed E-state index contributed by atoms with van der Waals surface area (Å²) in [6.45, 7) is 2.37. The molecule has 0 radical (unpaired) electrons. The molecule has 0 aliphatic heterocycles. The molecule has 23 heavy (non-hydrogen) atoms. The van der Waals surface area contributed by atoms with Crippen molar-refractivity contribution < 1.29 is 27.9 Å². The van der Waals surface area contributed by atoms with Crippen molar-refractivity contribution in [3.05, 3.63) is 16.1 Å². The van der Waals surface area contributed by atoms with Crippen LogP contribution in [0.25, 0.3) is 0 Å². The molecule has 1 aliphatic rings. The third-order valence-corrected chi connectivity index (χ3v) is 4.58. The van der Waals surface area contributed by atoms with Crippen LogP contribution in [0.4, 0.5) is 13.2 Å². The summed E-state index contributed by atoms with van der Waals surface area (Å²) in [6, 6.07) is -0.117. The van der Waals surface area contributed by atoms with Crippen molar-refractivity contribution in [2.24, 2.45) is 0 Å². The summed E-state index contributed by atoms with van der Waals surface area (Å²) in [5.74, 6) is -1.55.